The normalized spacial score (nSPS) is 14.9. The maximum atomic E-state index is 12.5. The Morgan fingerprint density at radius 2 is 1.84 bits per heavy atom. The van der Waals surface area contributed by atoms with Crippen molar-refractivity contribution in [2.75, 3.05) is 76.9 Å². The Morgan fingerprint density at radius 1 is 1.07 bits per heavy atom. The molecule has 3 rings (SSSR count). The Labute approximate surface area is 331 Å². The third kappa shape index (κ3) is 15.6. The number of hydrogen-bond donors (Lipinski definition) is 2. The molecule has 1 saturated heterocycles. The van der Waals surface area contributed by atoms with Crippen molar-refractivity contribution in [2.24, 2.45) is 11.1 Å². The second-order valence-electron chi connectivity index (χ2n) is 14.2. The van der Waals surface area contributed by atoms with Gasteiger partial charge in [0.05, 0.1) is 13.2 Å². The first-order valence-corrected chi connectivity index (χ1v) is 20.5. The Bertz CT molecular complexity index is 1550. The molecular formula is C45H68N6O4. The summed E-state index contributed by atoms with van der Waals surface area (Å²) in [5, 5.41) is 8.41. The number of anilines is 2. The van der Waals surface area contributed by atoms with Crippen LogP contribution in [0, 0.1) is 10.8 Å². The maximum Gasteiger partial charge on any atom is 0.319 e. The van der Waals surface area contributed by atoms with Crippen molar-refractivity contribution in [3.63, 3.8) is 0 Å². The third-order valence-corrected chi connectivity index (χ3v) is 10.1. The lowest BCUT2D eigenvalue weighted by Crippen LogP contribution is -2.30. The number of likely N-dealkylation sites (tertiary alicyclic amines) is 1. The molecule has 2 N–H and O–H groups in total. The lowest BCUT2D eigenvalue weighted by atomic mass is 9.90. The van der Waals surface area contributed by atoms with E-state index in [2.05, 4.69) is 107 Å². The quantitative estimate of drug-likeness (QED) is 0.0582. The molecule has 0 bridgehead atoms. The zero-order valence-corrected chi connectivity index (χ0v) is 34.6. The fraction of sp³-hybridized carbons (Fsp3) is 0.533. The monoisotopic (exact) mass is 757 g/mol. The number of benzene rings is 1. The topological polar surface area (TPSA) is 98.7 Å². The number of carbonyl (C=O) groups excluding carboxylic acids is 1. The molecule has 55 heavy (non-hydrogen) atoms. The molecule has 1 heterocycles. The fourth-order valence-electron chi connectivity index (χ4n) is 7.01. The molecule has 0 spiro atoms. The van der Waals surface area contributed by atoms with Gasteiger partial charge >= 0.3 is 6.03 Å². The number of nitrogens with zero attached hydrogens (tertiary/aromatic N) is 4. The maximum absolute atomic E-state index is 12.5. The first-order chi connectivity index (χ1) is 26.7. The van der Waals surface area contributed by atoms with Crippen LogP contribution in [0.2, 0.25) is 0 Å². The van der Waals surface area contributed by atoms with Crippen molar-refractivity contribution < 1.29 is 14.3 Å². The van der Waals surface area contributed by atoms with E-state index < -0.39 is 0 Å². The van der Waals surface area contributed by atoms with Crippen LogP contribution in [-0.4, -0.2) is 82.5 Å². The Morgan fingerprint density at radius 3 is 2.53 bits per heavy atom. The number of ether oxygens (including phenoxy) is 2. The van der Waals surface area contributed by atoms with Crippen molar-refractivity contribution >= 4 is 17.4 Å². The molecule has 1 fully saturated rings. The van der Waals surface area contributed by atoms with Crippen LogP contribution in [0.5, 0.6) is 0 Å². The van der Waals surface area contributed by atoms with Crippen molar-refractivity contribution in [3.05, 3.63) is 112 Å². The highest BCUT2D eigenvalue weighted by Gasteiger charge is 2.19. The molecule has 10 heteroatoms. The summed E-state index contributed by atoms with van der Waals surface area (Å²) >= 11 is 0. The van der Waals surface area contributed by atoms with Crippen molar-refractivity contribution in [3.8, 4) is 0 Å². The average molecular weight is 757 g/mol. The van der Waals surface area contributed by atoms with Gasteiger partial charge in [0, 0.05) is 75.3 Å². The lowest BCUT2D eigenvalue weighted by molar-refractivity contribution is 0.130. The number of nitroso groups, excluding NO2 is 1. The summed E-state index contributed by atoms with van der Waals surface area (Å²) in [6, 6.07) is 5.71. The van der Waals surface area contributed by atoms with Gasteiger partial charge < -0.3 is 34.8 Å². The predicted octanol–water partition coefficient (Wildman–Crippen LogP) is 9.87. The zero-order chi connectivity index (χ0) is 39.8. The van der Waals surface area contributed by atoms with Gasteiger partial charge in [0.15, 0.2) is 0 Å². The summed E-state index contributed by atoms with van der Waals surface area (Å²) in [4.78, 5) is 29.8. The number of likely N-dealkylation sites (N-methyl/N-ethyl adjacent to an activating group) is 2. The second kappa shape index (κ2) is 25.5. The molecule has 1 aliphatic carbocycles. The molecule has 1 aliphatic heterocycles. The summed E-state index contributed by atoms with van der Waals surface area (Å²) in [5.74, 6) is 1.38. The first kappa shape index (κ1) is 44.8. The van der Waals surface area contributed by atoms with Gasteiger partial charge in [-0.25, -0.2) is 4.79 Å². The standard InChI is InChI=1S/C45H68N6O4/c1-8-16-37(17-9-2)34-39-21-23-40(48-45(52)46-27-28-47-53)35-44(39)50(7)36(5)38-18-14-20-43(26-22-38)55-32-15-19-42(51-29-12-13-30-51)25-24-41(10-3)49(6)31-33-54-11-4/h14-15,19-26,35,37H,5,8-13,16-18,27-34H2,1-4,6-7H3,(H2,46,48,52)/b19-15+,41-24+,42-25+. The number of amides is 2. The molecule has 2 aliphatic rings. The van der Waals surface area contributed by atoms with E-state index in [1.807, 2.05) is 38.3 Å². The van der Waals surface area contributed by atoms with E-state index in [1.54, 1.807) is 0 Å². The van der Waals surface area contributed by atoms with Gasteiger partial charge in [0.1, 0.15) is 12.4 Å². The molecule has 1 aromatic carbocycles. The highest BCUT2D eigenvalue weighted by atomic mass is 16.5. The molecule has 10 nitrogen and oxygen atoms in total. The van der Waals surface area contributed by atoms with Crippen LogP contribution in [0.3, 0.4) is 0 Å². The van der Waals surface area contributed by atoms with Crippen molar-refractivity contribution in [1.82, 2.24) is 15.1 Å². The SMILES string of the molecule is C=C(C1=CC=C(OC/C=C/C(=C\C=C(/CC)N(C)CCOCC)N2CCCC2)C=CC1)N(C)c1cc(NC(=O)NCCN=O)ccc1CC(CCC)CCC. The molecule has 0 unspecified atom stereocenters. The number of urea groups is 1. The van der Waals surface area contributed by atoms with E-state index in [0.717, 1.165) is 81.2 Å². The smallest absolute Gasteiger partial charge is 0.319 e. The molecule has 1 aromatic rings. The summed E-state index contributed by atoms with van der Waals surface area (Å²) in [5.41, 5.74) is 7.36. The third-order valence-electron chi connectivity index (χ3n) is 10.1. The van der Waals surface area contributed by atoms with Gasteiger partial charge in [-0.2, -0.15) is 4.91 Å². The van der Waals surface area contributed by atoms with Crippen LogP contribution < -0.4 is 15.5 Å². The highest BCUT2D eigenvalue weighted by Crippen LogP contribution is 2.33. The number of rotatable bonds is 25. The van der Waals surface area contributed by atoms with Gasteiger partial charge in [-0.05, 0) is 105 Å². The Balaban J connectivity index is 1.75. The van der Waals surface area contributed by atoms with Crippen molar-refractivity contribution in [1.29, 1.82) is 0 Å². The predicted molar refractivity (Wildman–Crippen MR) is 230 cm³/mol. The van der Waals surface area contributed by atoms with Crippen molar-refractivity contribution in [2.45, 2.75) is 85.5 Å². The molecule has 2 amide bonds. The van der Waals surface area contributed by atoms with E-state index in [0.29, 0.717) is 24.6 Å². The number of hydrogen-bond acceptors (Lipinski definition) is 8. The molecule has 0 saturated carbocycles. The highest BCUT2D eigenvalue weighted by molar-refractivity contribution is 5.90. The molecule has 302 valence electrons. The minimum Gasteiger partial charge on any atom is -0.490 e. The van der Waals surface area contributed by atoms with Gasteiger partial charge in [-0.3, -0.25) is 0 Å². The largest absolute Gasteiger partial charge is 0.490 e. The Hall–Kier alpha value is -4.57. The fourth-order valence-corrected chi connectivity index (χ4v) is 7.01. The van der Waals surface area contributed by atoms with E-state index in [9.17, 15) is 9.70 Å². The molecule has 0 atom stereocenters. The molecule has 0 radical (unpaired) electrons. The summed E-state index contributed by atoms with van der Waals surface area (Å²) in [7, 11) is 4.17. The van der Waals surface area contributed by atoms with Gasteiger partial charge in [0.25, 0.3) is 0 Å². The zero-order valence-electron chi connectivity index (χ0n) is 34.6. The van der Waals surface area contributed by atoms with Gasteiger partial charge in [-0.1, -0.05) is 76.4 Å². The van der Waals surface area contributed by atoms with Crippen LogP contribution in [0.4, 0.5) is 16.2 Å². The minimum absolute atomic E-state index is 0.0288. The summed E-state index contributed by atoms with van der Waals surface area (Å²) in [6.45, 7) is 18.4. The second-order valence-corrected chi connectivity index (χ2v) is 14.2. The van der Waals surface area contributed by atoms with Crippen LogP contribution in [0.1, 0.15) is 84.6 Å². The Kier molecular flexibility index (Phi) is 20.8. The van der Waals surface area contributed by atoms with Gasteiger partial charge in [0.2, 0.25) is 0 Å². The summed E-state index contributed by atoms with van der Waals surface area (Å²) < 4.78 is 11.8. The van der Waals surface area contributed by atoms with Crippen LogP contribution in [0.25, 0.3) is 0 Å². The van der Waals surface area contributed by atoms with Gasteiger partial charge in [-0.15, -0.1) is 0 Å². The number of nitrogens with one attached hydrogen (secondary N) is 2. The first-order valence-electron chi connectivity index (χ1n) is 20.5. The van der Waals surface area contributed by atoms with Crippen LogP contribution in [0.15, 0.2) is 107 Å². The lowest BCUT2D eigenvalue weighted by Gasteiger charge is -2.28. The van der Waals surface area contributed by atoms with E-state index in [-0.39, 0.29) is 19.1 Å². The van der Waals surface area contributed by atoms with E-state index >= 15 is 0 Å². The minimum atomic E-state index is -0.370. The number of carbonyl (C=O) groups is 1. The average Bonchev–Trinajstić information content (AvgIpc) is 3.62. The summed E-state index contributed by atoms with van der Waals surface area (Å²) in [6.07, 6.45) is 26.7. The van der Waals surface area contributed by atoms with E-state index in [4.69, 9.17) is 9.47 Å². The molecular weight excluding hydrogens is 689 g/mol. The van der Waals surface area contributed by atoms with Crippen LogP contribution >= 0.6 is 0 Å². The van der Waals surface area contributed by atoms with Crippen LogP contribution in [-0.2, 0) is 15.9 Å². The molecule has 0 aromatic heterocycles. The number of allylic oxidation sites excluding steroid dienone is 9. The van der Waals surface area contributed by atoms with E-state index in [1.165, 1.54) is 42.6 Å².